The summed E-state index contributed by atoms with van der Waals surface area (Å²) in [7, 11) is 1.79. The standard InChI is InChI=1S/C9H21N3O/c1-4-5-11-9(13)12(3)7-8(2)6-10/h8H,4-7,10H2,1-3H3,(H,11,13). The summed E-state index contributed by atoms with van der Waals surface area (Å²) >= 11 is 0. The minimum Gasteiger partial charge on any atom is -0.338 e. The molecule has 0 spiro atoms. The third-order valence-electron chi connectivity index (χ3n) is 1.86. The quantitative estimate of drug-likeness (QED) is 0.663. The van der Waals surface area contributed by atoms with Gasteiger partial charge in [-0.3, -0.25) is 0 Å². The van der Waals surface area contributed by atoms with Crippen LogP contribution in [0.1, 0.15) is 20.3 Å². The molecule has 4 nitrogen and oxygen atoms in total. The van der Waals surface area contributed by atoms with Crippen LogP contribution in [0.2, 0.25) is 0 Å². The molecule has 0 saturated carbocycles. The van der Waals surface area contributed by atoms with Gasteiger partial charge in [0.25, 0.3) is 0 Å². The van der Waals surface area contributed by atoms with Gasteiger partial charge in [0.1, 0.15) is 0 Å². The van der Waals surface area contributed by atoms with Gasteiger partial charge in [-0.1, -0.05) is 13.8 Å². The average molecular weight is 187 g/mol. The average Bonchev–Trinajstić information content (AvgIpc) is 2.13. The first-order chi connectivity index (χ1) is 6.11. The molecule has 0 aliphatic rings. The largest absolute Gasteiger partial charge is 0.338 e. The lowest BCUT2D eigenvalue weighted by Gasteiger charge is -2.20. The van der Waals surface area contributed by atoms with Gasteiger partial charge in [-0.05, 0) is 18.9 Å². The van der Waals surface area contributed by atoms with E-state index in [4.69, 9.17) is 5.73 Å². The van der Waals surface area contributed by atoms with E-state index in [1.807, 2.05) is 13.8 Å². The number of carbonyl (C=O) groups is 1. The number of urea groups is 1. The number of rotatable bonds is 5. The van der Waals surface area contributed by atoms with Crippen molar-refractivity contribution < 1.29 is 4.79 Å². The van der Waals surface area contributed by atoms with Crippen molar-refractivity contribution in [3.8, 4) is 0 Å². The second-order valence-electron chi connectivity index (χ2n) is 3.45. The van der Waals surface area contributed by atoms with Gasteiger partial charge in [-0.25, -0.2) is 4.79 Å². The minimum absolute atomic E-state index is 0.0119. The van der Waals surface area contributed by atoms with Crippen LogP contribution in [0.15, 0.2) is 0 Å². The summed E-state index contributed by atoms with van der Waals surface area (Å²) in [5.41, 5.74) is 5.46. The smallest absolute Gasteiger partial charge is 0.317 e. The first-order valence-corrected chi connectivity index (χ1v) is 4.80. The van der Waals surface area contributed by atoms with Gasteiger partial charge in [0.05, 0.1) is 0 Å². The normalized spacial score (nSPS) is 12.3. The van der Waals surface area contributed by atoms with Crippen molar-refractivity contribution in [1.82, 2.24) is 10.2 Å². The number of hydrogen-bond donors (Lipinski definition) is 2. The van der Waals surface area contributed by atoms with Crippen molar-refractivity contribution in [2.24, 2.45) is 11.7 Å². The first kappa shape index (κ1) is 12.2. The van der Waals surface area contributed by atoms with Crippen molar-refractivity contribution in [2.75, 3.05) is 26.7 Å². The maximum atomic E-state index is 11.3. The summed E-state index contributed by atoms with van der Waals surface area (Å²) in [5.74, 6) is 0.359. The maximum Gasteiger partial charge on any atom is 0.317 e. The summed E-state index contributed by atoms with van der Waals surface area (Å²) in [6.07, 6.45) is 0.964. The molecule has 0 fully saturated rings. The first-order valence-electron chi connectivity index (χ1n) is 4.80. The Bertz CT molecular complexity index is 150. The molecule has 0 aromatic carbocycles. The molecule has 3 N–H and O–H groups in total. The van der Waals surface area contributed by atoms with E-state index >= 15 is 0 Å². The topological polar surface area (TPSA) is 58.4 Å². The molecule has 0 aliphatic heterocycles. The fourth-order valence-corrected chi connectivity index (χ4v) is 0.992. The Kier molecular flexibility index (Phi) is 6.32. The van der Waals surface area contributed by atoms with Crippen LogP contribution in [0.5, 0.6) is 0 Å². The highest BCUT2D eigenvalue weighted by Crippen LogP contribution is 1.95. The molecule has 2 amide bonds. The minimum atomic E-state index is -0.0119. The van der Waals surface area contributed by atoms with Crippen LogP contribution in [0.3, 0.4) is 0 Å². The number of nitrogens with two attached hydrogens (primary N) is 1. The van der Waals surface area contributed by atoms with Crippen LogP contribution < -0.4 is 11.1 Å². The van der Waals surface area contributed by atoms with E-state index < -0.39 is 0 Å². The number of amides is 2. The molecular weight excluding hydrogens is 166 g/mol. The van der Waals surface area contributed by atoms with Crippen LogP contribution in [0, 0.1) is 5.92 Å². The summed E-state index contributed by atoms with van der Waals surface area (Å²) < 4.78 is 0. The van der Waals surface area contributed by atoms with E-state index in [2.05, 4.69) is 5.32 Å². The van der Waals surface area contributed by atoms with E-state index in [9.17, 15) is 4.79 Å². The van der Waals surface area contributed by atoms with Gasteiger partial charge < -0.3 is 16.0 Å². The Morgan fingerprint density at radius 3 is 2.69 bits per heavy atom. The summed E-state index contributed by atoms with van der Waals surface area (Å²) in [6.45, 7) is 6.13. The van der Waals surface area contributed by atoms with E-state index in [1.165, 1.54) is 0 Å². The Morgan fingerprint density at radius 2 is 2.23 bits per heavy atom. The Hall–Kier alpha value is -0.770. The highest BCUT2D eigenvalue weighted by molar-refractivity contribution is 5.73. The zero-order valence-electron chi connectivity index (χ0n) is 8.84. The second kappa shape index (κ2) is 6.71. The van der Waals surface area contributed by atoms with Gasteiger partial charge >= 0.3 is 6.03 Å². The number of hydrogen-bond acceptors (Lipinski definition) is 2. The molecule has 0 aliphatic carbocycles. The second-order valence-corrected chi connectivity index (χ2v) is 3.45. The van der Waals surface area contributed by atoms with Crippen molar-refractivity contribution >= 4 is 6.03 Å². The molecular formula is C9H21N3O. The molecule has 0 radical (unpaired) electrons. The molecule has 1 atom stereocenters. The fraction of sp³-hybridized carbons (Fsp3) is 0.889. The van der Waals surface area contributed by atoms with Crippen LogP contribution in [-0.4, -0.2) is 37.6 Å². The third kappa shape index (κ3) is 5.47. The zero-order valence-corrected chi connectivity index (χ0v) is 8.84. The molecule has 0 bridgehead atoms. The number of nitrogens with zero attached hydrogens (tertiary/aromatic N) is 1. The molecule has 0 heterocycles. The lowest BCUT2D eigenvalue weighted by molar-refractivity contribution is 0.202. The van der Waals surface area contributed by atoms with Crippen molar-refractivity contribution in [1.29, 1.82) is 0 Å². The lowest BCUT2D eigenvalue weighted by Crippen LogP contribution is -2.40. The predicted molar refractivity (Wildman–Crippen MR) is 54.5 cm³/mol. The summed E-state index contributed by atoms with van der Waals surface area (Å²) in [6, 6.07) is -0.0119. The lowest BCUT2D eigenvalue weighted by atomic mass is 10.2. The molecule has 4 heteroatoms. The Morgan fingerprint density at radius 1 is 1.62 bits per heavy atom. The number of carbonyl (C=O) groups excluding carboxylic acids is 1. The fourth-order valence-electron chi connectivity index (χ4n) is 0.992. The molecule has 0 rings (SSSR count). The van der Waals surface area contributed by atoms with Crippen molar-refractivity contribution in [2.45, 2.75) is 20.3 Å². The van der Waals surface area contributed by atoms with Gasteiger partial charge in [0.2, 0.25) is 0 Å². The molecule has 13 heavy (non-hydrogen) atoms. The predicted octanol–water partition coefficient (Wildman–Crippen LogP) is 0.633. The van der Waals surface area contributed by atoms with Crippen molar-refractivity contribution in [3.05, 3.63) is 0 Å². The van der Waals surface area contributed by atoms with E-state index in [0.717, 1.165) is 13.0 Å². The highest BCUT2D eigenvalue weighted by Gasteiger charge is 2.09. The van der Waals surface area contributed by atoms with Gasteiger partial charge in [0, 0.05) is 20.1 Å². The molecule has 0 aromatic rings. The Balaban J connectivity index is 3.68. The van der Waals surface area contributed by atoms with Gasteiger partial charge in [-0.2, -0.15) is 0 Å². The Labute approximate surface area is 80.5 Å². The van der Waals surface area contributed by atoms with E-state index in [0.29, 0.717) is 19.0 Å². The summed E-state index contributed by atoms with van der Waals surface area (Å²) in [4.78, 5) is 13.0. The van der Waals surface area contributed by atoms with Crippen LogP contribution >= 0.6 is 0 Å². The van der Waals surface area contributed by atoms with Crippen LogP contribution in [0.25, 0.3) is 0 Å². The van der Waals surface area contributed by atoms with E-state index in [-0.39, 0.29) is 6.03 Å². The molecule has 0 aromatic heterocycles. The SMILES string of the molecule is CCCNC(=O)N(C)CC(C)CN. The van der Waals surface area contributed by atoms with Crippen LogP contribution in [0.4, 0.5) is 4.79 Å². The monoisotopic (exact) mass is 187 g/mol. The van der Waals surface area contributed by atoms with Crippen molar-refractivity contribution in [3.63, 3.8) is 0 Å². The molecule has 0 saturated heterocycles. The number of nitrogens with one attached hydrogen (secondary N) is 1. The summed E-state index contributed by atoms with van der Waals surface area (Å²) in [5, 5.41) is 2.81. The van der Waals surface area contributed by atoms with Gasteiger partial charge in [0.15, 0.2) is 0 Å². The molecule has 1 unspecified atom stereocenters. The van der Waals surface area contributed by atoms with Crippen LogP contribution in [-0.2, 0) is 0 Å². The zero-order chi connectivity index (χ0) is 10.3. The highest BCUT2D eigenvalue weighted by atomic mass is 16.2. The van der Waals surface area contributed by atoms with Gasteiger partial charge in [-0.15, -0.1) is 0 Å². The maximum absolute atomic E-state index is 11.3. The van der Waals surface area contributed by atoms with E-state index in [1.54, 1.807) is 11.9 Å². The third-order valence-corrected chi connectivity index (χ3v) is 1.86. The molecule has 78 valence electrons.